The fraction of sp³-hybridized carbons (Fsp3) is 0.941. The predicted molar refractivity (Wildman–Crippen MR) is 115 cm³/mol. The van der Waals surface area contributed by atoms with Gasteiger partial charge in [0.15, 0.2) is 5.96 Å². The number of hydrogen-bond donors (Lipinski definition) is 2. The van der Waals surface area contributed by atoms with Gasteiger partial charge in [-0.2, -0.15) is 0 Å². The Morgan fingerprint density at radius 2 is 2.04 bits per heavy atom. The summed E-state index contributed by atoms with van der Waals surface area (Å²) in [4.78, 5) is 4.66. The van der Waals surface area contributed by atoms with Gasteiger partial charge in [0.2, 0.25) is 0 Å². The summed E-state index contributed by atoms with van der Waals surface area (Å²) < 4.78 is 17.4. The Labute approximate surface area is 167 Å². The third-order valence-electron chi connectivity index (χ3n) is 4.14. The highest BCUT2D eigenvalue weighted by atomic mass is 127. The molecule has 3 unspecified atom stereocenters. The van der Waals surface area contributed by atoms with E-state index in [-0.39, 0.29) is 24.0 Å². The predicted octanol–water partition coefficient (Wildman–Crippen LogP) is 3.06. The van der Waals surface area contributed by atoms with Crippen LogP contribution in [0.2, 0.25) is 0 Å². The Morgan fingerprint density at radius 1 is 1.25 bits per heavy atom. The van der Waals surface area contributed by atoms with Crippen molar-refractivity contribution in [1.82, 2.24) is 10.6 Å². The minimum Gasteiger partial charge on any atom is -0.382 e. The number of nitrogens with one attached hydrogen (secondary N) is 2. The van der Waals surface area contributed by atoms with Gasteiger partial charge < -0.3 is 15.4 Å². The molecular weight excluding hydrogens is 437 g/mol. The quantitative estimate of drug-likeness (QED) is 0.222. The van der Waals surface area contributed by atoms with Crippen molar-refractivity contribution in [3.63, 3.8) is 0 Å². The van der Waals surface area contributed by atoms with Crippen molar-refractivity contribution in [3.05, 3.63) is 0 Å². The van der Waals surface area contributed by atoms with Gasteiger partial charge in [-0.1, -0.05) is 13.3 Å². The van der Waals surface area contributed by atoms with Crippen LogP contribution in [0.1, 0.15) is 59.3 Å². The van der Waals surface area contributed by atoms with E-state index < -0.39 is 10.8 Å². The highest BCUT2D eigenvalue weighted by Gasteiger charge is 2.25. The van der Waals surface area contributed by atoms with Crippen LogP contribution in [0.4, 0.5) is 0 Å². The average Bonchev–Trinajstić information content (AvgIpc) is 2.57. The number of nitrogens with zero attached hydrogens (tertiary/aromatic N) is 1. The number of aliphatic imine (C=N–C) groups is 1. The minimum absolute atomic E-state index is 0. The van der Waals surface area contributed by atoms with Crippen LogP contribution < -0.4 is 10.6 Å². The molecule has 0 saturated heterocycles. The molecule has 0 aromatic rings. The molecule has 0 aliphatic heterocycles. The van der Waals surface area contributed by atoms with Crippen molar-refractivity contribution in [2.24, 2.45) is 4.99 Å². The third-order valence-corrected chi connectivity index (χ3v) is 5.88. The van der Waals surface area contributed by atoms with E-state index in [1.165, 1.54) is 0 Å². The second-order valence-corrected chi connectivity index (χ2v) is 7.97. The van der Waals surface area contributed by atoms with Crippen molar-refractivity contribution >= 4 is 40.7 Å². The molecule has 1 aliphatic carbocycles. The molecule has 0 aromatic carbocycles. The SMILES string of the molecule is CCNC(=NCCCCOCC)NC1CCCC(S(=O)CC)C1.I. The smallest absolute Gasteiger partial charge is 0.191 e. The van der Waals surface area contributed by atoms with Gasteiger partial charge in [-0.3, -0.25) is 9.20 Å². The van der Waals surface area contributed by atoms with E-state index in [4.69, 9.17) is 4.74 Å². The fourth-order valence-electron chi connectivity index (χ4n) is 2.92. The van der Waals surface area contributed by atoms with E-state index in [1.54, 1.807) is 0 Å². The molecule has 0 bridgehead atoms. The number of halogens is 1. The van der Waals surface area contributed by atoms with Gasteiger partial charge >= 0.3 is 0 Å². The van der Waals surface area contributed by atoms with Crippen molar-refractivity contribution in [2.45, 2.75) is 70.6 Å². The molecular formula is C17H36IN3O2S. The summed E-state index contributed by atoms with van der Waals surface area (Å²) in [6, 6.07) is 0.394. The first-order chi connectivity index (χ1) is 11.2. The lowest BCUT2D eigenvalue weighted by atomic mass is 9.95. The zero-order valence-electron chi connectivity index (χ0n) is 15.5. The standard InChI is InChI=1S/C17H35N3O2S.HI/c1-4-18-17(19-12-7-8-13-22-5-2)20-15-10-9-11-16(14-15)23(21)6-3;/h15-16H,4-14H2,1-3H3,(H2,18,19,20);1H. The molecule has 144 valence electrons. The second kappa shape index (κ2) is 15.4. The summed E-state index contributed by atoms with van der Waals surface area (Å²) in [7, 11) is -0.677. The summed E-state index contributed by atoms with van der Waals surface area (Å²) in [5, 5.41) is 7.21. The Balaban J connectivity index is 0.00000529. The molecule has 0 aromatic heterocycles. The largest absolute Gasteiger partial charge is 0.382 e. The highest BCUT2D eigenvalue weighted by molar-refractivity contribution is 14.0. The molecule has 1 rings (SSSR count). The molecule has 0 spiro atoms. The summed E-state index contributed by atoms with van der Waals surface area (Å²) in [5.41, 5.74) is 0. The van der Waals surface area contributed by atoms with Crippen molar-refractivity contribution in [2.75, 3.05) is 32.1 Å². The maximum Gasteiger partial charge on any atom is 0.191 e. The first-order valence-electron chi connectivity index (χ1n) is 9.20. The molecule has 0 amide bonds. The normalized spacial score (nSPS) is 22.5. The van der Waals surface area contributed by atoms with E-state index in [9.17, 15) is 4.21 Å². The van der Waals surface area contributed by atoms with Gasteiger partial charge in [0.05, 0.1) is 0 Å². The summed E-state index contributed by atoms with van der Waals surface area (Å²) in [5.74, 6) is 1.67. The van der Waals surface area contributed by atoms with Crippen LogP contribution in [-0.4, -0.2) is 53.5 Å². The van der Waals surface area contributed by atoms with E-state index >= 15 is 0 Å². The van der Waals surface area contributed by atoms with Gasteiger partial charge in [0.1, 0.15) is 0 Å². The van der Waals surface area contributed by atoms with E-state index in [2.05, 4.69) is 22.5 Å². The monoisotopic (exact) mass is 473 g/mol. The molecule has 0 heterocycles. The lowest BCUT2D eigenvalue weighted by Gasteiger charge is -2.30. The van der Waals surface area contributed by atoms with E-state index in [0.717, 1.165) is 76.5 Å². The van der Waals surface area contributed by atoms with Gasteiger partial charge in [-0.05, 0) is 46.0 Å². The molecule has 3 atom stereocenters. The van der Waals surface area contributed by atoms with Crippen LogP contribution in [-0.2, 0) is 15.5 Å². The van der Waals surface area contributed by atoms with Crippen LogP contribution in [0.15, 0.2) is 4.99 Å². The molecule has 24 heavy (non-hydrogen) atoms. The average molecular weight is 473 g/mol. The molecule has 0 radical (unpaired) electrons. The van der Waals surface area contributed by atoms with Gasteiger partial charge in [0, 0.05) is 54.1 Å². The molecule has 2 N–H and O–H groups in total. The fourth-order valence-corrected chi connectivity index (χ4v) is 4.26. The van der Waals surface area contributed by atoms with Crippen molar-refractivity contribution < 1.29 is 8.95 Å². The van der Waals surface area contributed by atoms with Crippen LogP contribution in [0.5, 0.6) is 0 Å². The van der Waals surface area contributed by atoms with Crippen molar-refractivity contribution in [3.8, 4) is 0 Å². The second-order valence-electron chi connectivity index (χ2n) is 5.96. The highest BCUT2D eigenvalue weighted by Crippen LogP contribution is 2.22. The summed E-state index contributed by atoms with van der Waals surface area (Å²) >= 11 is 0. The summed E-state index contributed by atoms with van der Waals surface area (Å²) in [6.45, 7) is 9.41. The Kier molecular flexibility index (Phi) is 15.4. The van der Waals surface area contributed by atoms with E-state index in [1.807, 2.05) is 13.8 Å². The number of guanidine groups is 1. The molecule has 7 heteroatoms. The Hall–Kier alpha value is 0.110. The number of unbranched alkanes of at least 4 members (excludes halogenated alkanes) is 1. The lowest BCUT2D eigenvalue weighted by Crippen LogP contribution is -2.46. The maximum atomic E-state index is 12.0. The number of rotatable bonds is 10. The van der Waals surface area contributed by atoms with Crippen LogP contribution in [0.25, 0.3) is 0 Å². The third kappa shape index (κ3) is 10.2. The van der Waals surface area contributed by atoms with E-state index in [0.29, 0.717) is 11.3 Å². The van der Waals surface area contributed by atoms with Crippen LogP contribution in [0, 0.1) is 0 Å². The first kappa shape index (κ1) is 24.1. The molecule has 1 fully saturated rings. The first-order valence-corrected chi connectivity index (χ1v) is 10.6. The Bertz CT molecular complexity index is 370. The summed E-state index contributed by atoms with van der Waals surface area (Å²) in [6.07, 6.45) is 6.49. The topological polar surface area (TPSA) is 62.7 Å². The van der Waals surface area contributed by atoms with Gasteiger partial charge in [0.25, 0.3) is 0 Å². The maximum absolute atomic E-state index is 12.0. The molecule has 1 aliphatic rings. The zero-order chi connectivity index (χ0) is 16.9. The molecule has 5 nitrogen and oxygen atoms in total. The number of hydrogen-bond acceptors (Lipinski definition) is 3. The Morgan fingerprint density at radius 3 is 2.71 bits per heavy atom. The minimum atomic E-state index is -0.677. The van der Waals surface area contributed by atoms with Gasteiger partial charge in [-0.25, -0.2) is 0 Å². The molecule has 1 saturated carbocycles. The van der Waals surface area contributed by atoms with Gasteiger partial charge in [-0.15, -0.1) is 24.0 Å². The number of ether oxygens (including phenoxy) is 1. The lowest BCUT2D eigenvalue weighted by molar-refractivity contribution is 0.144. The van der Waals surface area contributed by atoms with Crippen molar-refractivity contribution in [1.29, 1.82) is 0 Å². The zero-order valence-corrected chi connectivity index (χ0v) is 18.7. The van der Waals surface area contributed by atoms with Crippen LogP contribution >= 0.6 is 24.0 Å². The van der Waals surface area contributed by atoms with Crippen LogP contribution in [0.3, 0.4) is 0 Å².